The number of hydrogen-bond acceptors (Lipinski definition) is 4. The van der Waals surface area contributed by atoms with Gasteiger partial charge in [0.2, 0.25) is 5.91 Å². The first-order chi connectivity index (χ1) is 14.5. The topological polar surface area (TPSA) is 75.7 Å². The summed E-state index contributed by atoms with van der Waals surface area (Å²) in [5.41, 5.74) is 1.58. The quantitative estimate of drug-likeness (QED) is 0.654. The molecule has 2 amide bonds. The van der Waals surface area contributed by atoms with Crippen molar-refractivity contribution in [2.45, 2.75) is 25.3 Å². The molecular formula is C23H25BrN2O4. The molecular weight excluding hydrogens is 448 g/mol. The van der Waals surface area contributed by atoms with Gasteiger partial charge in [-0.1, -0.05) is 46.3 Å². The summed E-state index contributed by atoms with van der Waals surface area (Å²) in [6.45, 7) is 1.02. The van der Waals surface area contributed by atoms with Crippen molar-refractivity contribution in [3.8, 4) is 0 Å². The van der Waals surface area contributed by atoms with Gasteiger partial charge in [-0.2, -0.15) is 0 Å². The fourth-order valence-corrected chi connectivity index (χ4v) is 3.86. The normalized spacial score (nSPS) is 15.3. The number of halogens is 1. The third-order valence-corrected chi connectivity index (χ3v) is 5.86. The Morgan fingerprint density at radius 3 is 2.30 bits per heavy atom. The van der Waals surface area contributed by atoms with Crippen LogP contribution in [0.25, 0.3) is 0 Å². The number of hydrogen-bond donors (Lipinski definition) is 1. The van der Waals surface area contributed by atoms with E-state index in [2.05, 4.69) is 21.2 Å². The Kier molecular flexibility index (Phi) is 7.63. The van der Waals surface area contributed by atoms with Gasteiger partial charge in [0.15, 0.2) is 0 Å². The van der Waals surface area contributed by atoms with Crippen molar-refractivity contribution in [2.24, 2.45) is 5.92 Å². The Labute approximate surface area is 184 Å². The van der Waals surface area contributed by atoms with Crippen LogP contribution in [0.15, 0.2) is 59.1 Å². The summed E-state index contributed by atoms with van der Waals surface area (Å²) in [5.74, 6) is -0.896. The summed E-state index contributed by atoms with van der Waals surface area (Å²) in [6.07, 6.45) is 1.50. The molecule has 1 heterocycles. The zero-order chi connectivity index (χ0) is 21.5. The Balaban J connectivity index is 1.56. The van der Waals surface area contributed by atoms with Gasteiger partial charge in [-0.05, 0) is 42.7 Å². The van der Waals surface area contributed by atoms with Crippen molar-refractivity contribution in [1.82, 2.24) is 10.2 Å². The second kappa shape index (κ2) is 10.4. The number of carbonyl (C=O) groups is 3. The molecule has 0 unspecified atom stereocenters. The molecule has 0 radical (unpaired) electrons. The SMILES string of the molecule is COC(=O)[C@H](Cc1ccccc1)NC(=O)C1CCN(C(=O)c2ccc(Br)cc2)CC1. The molecule has 1 saturated heterocycles. The largest absolute Gasteiger partial charge is 0.467 e. The van der Waals surface area contributed by atoms with E-state index >= 15 is 0 Å². The van der Waals surface area contributed by atoms with E-state index in [4.69, 9.17) is 4.74 Å². The summed E-state index contributed by atoms with van der Waals surface area (Å²) >= 11 is 3.37. The Hall–Kier alpha value is -2.67. The minimum atomic E-state index is -0.729. The fraction of sp³-hybridized carbons (Fsp3) is 0.348. The van der Waals surface area contributed by atoms with E-state index in [-0.39, 0.29) is 17.7 Å². The molecule has 1 aliphatic heterocycles. The van der Waals surface area contributed by atoms with Gasteiger partial charge in [0.1, 0.15) is 6.04 Å². The van der Waals surface area contributed by atoms with Gasteiger partial charge < -0.3 is 15.0 Å². The van der Waals surface area contributed by atoms with Gasteiger partial charge in [-0.25, -0.2) is 4.79 Å². The number of nitrogens with one attached hydrogen (secondary N) is 1. The van der Waals surface area contributed by atoms with E-state index in [9.17, 15) is 14.4 Å². The van der Waals surface area contributed by atoms with Crippen molar-refractivity contribution < 1.29 is 19.1 Å². The highest BCUT2D eigenvalue weighted by Gasteiger charge is 2.30. The van der Waals surface area contributed by atoms with Crippen molar-refractivity contribution in [1.29, 1.82) is 0 Å². The first kappa shape index (κ1) is 22.0. The van der Waals surface area contributed by atoms with Gasteiger partial charge in [0, 0.05) is 35.5 Å². The molecule has 0 bridgehead atoms. The van der Waals surface area contributed by atoms with Gasteiger partial charge >= 0.3 is 5.97 Å². The molecule has 1 N–H and O–H groups in total. The number of esters is 1. The molecule has 0 aliphatic carbocycles. The minimum absolute atomic E-state index is 0.0297. The molecule has 1 atom stereocenters. The van der Waals surface area contributed by atoms with E-state index in [0.29, 0.717) is 37.9 Å². The molecule has 0 aromatic heterocycles. The number of benzene rings is 2. The van der Waals surface area contributed by atoms with E-state index in [1.165, 1.54) is 7.11 Å². The van der Waals surface area contributed by atoms with Crippen LogP contribution in [0.1, 0.15) is 28.8 Å². The fourth-order valence-electron chi connectivity index (χ4n) is 3.59. The molecule has 0 spiro atoms. The summed E-state index contributed by atoms with van der Waals surface area (Å²) in [5, 5.41) is 2.85. The summed E-state index contributed by atoms with van der Waals surface area (Å²) in [7, 11) is 1.32. The number of methoxy groups -OCH3 is 1. The maximum absolute atomic E-state index is 12.8. The van der Waals surface area contributed by atoms with E-state index in [0.717, 1.165) is 10.0 Å². The number of ether oxygens (including phenoxy) is 1. The van der Waals surface area contributed by atoms with Gasteiger partial charge in [0.05, 0.1) is 7.11 Å². The lowest BCUT2D eigenvalue weighted by atomic mass is 9.94. The first-order valence-corrected chi connectivity index (χ1v) is 10.7. The standard InChI is InChI=1S/C23H25BrN2O4/c1-30-23(29)20(15-16-5-3-2-4-6-16)25-21(27)17-11-13-26(14-12-17)22(28)18-7-9-19(24)10-8-18/h2-10,17,20H,11-15H2,1H3,(H,25,27)/t20-/m0/s1. The predicted octanol–water partition coefficient (Wildman–Crippen LogP) is 3.20. The Morgan fingerprint density at radius 1 is 1.07 bits per heavy atom. The third-order valence-electron chi connectivity index (χ3n) is 5.33. The molecule has 6 nitrogen and oxygen atoms in total. The van der Waals surface area contributed by atoms with Crippen molar-refractivity contribution in [2.75, 3.05) is 20.2 Å². The second-order valence-electron chi connectivity index (χ2n) is 7.35. The average Bonchev–Trinajstić information content (AvgIpc) is 2.79. The van der Waals surface area contributed by atoms with Gasteiger partial charge in [-0.3, -0.25) is 9.59 Å². The zero-order valence-corrected chi connectivity index (χ0v) is 18.4. The minimum Gasteiger partial charge on any atom is -0.467 e. The summed E-state index contributed by atoms with van der Waals surface area (Å²) < 4.78 is 5.79. The maximum atomic E-state index is 12.8. The van der Waals surface area contributed by atoms with Crippen LogP contribution < -0.4 is 5.32 Å². The molecule has 7 heteroatoms. The molecule has 1 aliphatic rings. The van der Waals surface area contributed by atoms with E-state index in [1.54, 1.807) is 17.0 Å². The molecule has 3 rings (SSSR count). The molecule has 30 heavy (non-hydrogen) atoms. The van der Waals surface area contributed by atoms with Gasteiger partial charge in [0.25, 0.3) is 5.91 Å². The second-order valence-corrected chi connectivity index (χ2v) is 8.26. The van der Waals surface area contributed by atoms with Crippen LogP contribution in [-0.4, -0.2) is 48.9 Å². The Bertz CT molecular complexity index is 878. The average molecular weight is 473 g/mol. The number of rotatable bonds is 6. The molecule has 158 valence electrons. The van der Waals surface area contributed by atoms with Crippen LogP contribution in [0.4, 0.5) is 0 Å². The van der Waals surface area contributed by atoms with Crippen LogP contribution in [0.5, 0.6) is 0 Å². The van der Waals surface area contributed by atoms with Crippen LogP contribution in [0.2, 0.25) is 0 Å². The molecule has 0 saturated carbocycles. The zero-order valence-electron chi connectivity index (χ0n) is 16.8. The maximum Gasteiger partial charge on any atom is 0.328 e. The molecule has 1 fully saturated rings. The number of likely N-dealkylation sites (tertiary alicyclic amines) is 1. The van der Waals surface area contributed by atoms with Crippen molar-refractivity contribution >= 4 is 33.7 Å². The first-order valence-electron chi connectivity index (χ1n) is 9.95. The van der Waals surface area contributed by atoms with Gasteiger partial charge in [-0.15, -0.1) is 0 Å². The van der Waals surface area contributed by atoms with Crippen molar-refractivity contribution in [3.05, 3.63) is 70.2 Å². The van der Waals surface area contributed by atoms with Crippen LogP contribution in [0.3, 0.4) is 0 Å². The lowest BCUT2D eigenvalue weighted by molar-refractivity contribution is -0.145. The summed E-state index contributed by atoms with van der Waals surface area (Å²) in [6, 6.07) is 16.0. The number of amides is 2. The predicted molar refractivity (Wildman–Crippen MR) is 117 cm³/mol. The molecule has 2 aromatic rings. The highest BCUT2D eigenvalue weighted by atomic mass is 79.9. The van der Waals surface area contributed by atoms with Crippen LogP contribution in [-0.2, 0) is 20.7 Å². The highest BCUT2D eigenvalue weighted by molar-refractivity contribution is 9.10. The Morgan fingerprint density at radius 2 is 1.70 bits per heavy atom. The lowest BCUT2D eigenvalue weighted by Crippen LogP contribution is -2.48. The lowest BCUT2D eigenvalue weighted by Gasteiger charge is -2.32. The van der Waals surface area contributed by atoms with Crippen molar-refractivity contribution in [3.63, 3.8) is 0 Å². The van der Waals surface area contributed by atoms with E-state index in [1.807, 2.05) is 42.5 Å². The highest BCUT2D eigenvalue weighted by Crippen LogP contribution is 2.21. The molecule has 2 aromatic carbocycles. The third kappa shape index (κ3) is 5.69. The number of piperidine rings is 1. The van der Waals surface area contributed by atoms with Crippen LogP contribution >= 0.6 is 15.9 Å². The van der Waals surface area contributed by atoms with Crippen LogP contribution in [0, 0.1) is 5.92 Å². The summed E-state index contributed by atoms with van der Waals surface area (Å²) in [4.78, 5) is 39.4. The number of carbonyl (C=O) groups excluding carboxylic acids is 3. The van der Waals surface area contributed by atoms with E-state index < -0.39 is 12.0 Å². The smallest absolute Gasteiger partial charge is 0.328 e. The number of nitrogens with zero attached hydrogens (tertiary/aromatic N) is 1. The monoisotopic (exact) mass is 472 g/mol.